The Bertz CT molecular complexity index is 339. The smallest absolute Gasteiger partial charge is 0.158 e. The lowest BCUT2D eigenvalue weighted by atomic mass is 9.61. The van der Waals surface area contributed by atoms with Gasteiger partial charge in [0.25, 0.3) is 0 Å². The van der Waals surface area contributed by atoms with Crippen LogP contribution in [0.25, 0.3) is 0 Å². The number of hydrogen-bond acceptors (Lipinski definition) is 1. The van der Waals surface area contributed by atoms with Crippen LogP contribution in [0, 0.1) is 11.3 Å². The highest BCUT2D eigenvalue weighted by Crippen LogP contribution is 2.49. The molecule has 94 valence electrons. The zero-order chi connectivity index (χ0) is 12.3. The number of ketones is 1. The number of allylic oxidation sites excluding steroid dienone is 3. The van der Waals surface area contributed by atoms with Crippen molar-refractivity contribution in [2.24, 2.45) is 11.3 Å². The first-order chi connectivity index (χ1) is 8.15. The third-order valence-corrected chi connectivity index (χ3v) is 4.75. The molecule has 2 unspecified atom stereocenters. The highest BCUT2D eigenvalue weighted by atomic mass is 16.1. The lowest BCUT2D eigenvalue weighted by Crippen LogP contribution is -2.34. The van der Waals surface area contributed by atoms with E-state index >= 15 is 0 Å². The Labute approximate surface area is 105 Å². The number of carbonyl (C=O) groups is 1. The summed E-state index contributed by atoms with van der Waals surface area (Å²) >= 11 is 0. The summed E-state index contributed by atoms with van der Waals surface area (Å²) in [5.74, 6) is 1.11. The molecule has 1 saturated carbocycles. The van der Waals surface area contributed by atoms with Gasteiger partial charge in [-0.15, -0.1) is 6.58 Å². The predicted octanol–water partition coefficient (Wildman–Crippen LogP) is 4.44. The van der Waals surface area contributed by atoms with E-state index in [1.807, 2.05) is 6.08 Å². The van der Waals surface area contributed by atoms with E-state index in [1.165, 1.54) is 25.7 Å². The van der Waals surface area contributed by atoms with Crippen LogP contribution in [0.2, 0.25) is 0 Å². The van der Waals surface area contributed by atoms with Gasteiger partial charge in [-0.05, 0) is 49.0 Å². The third kappa shape index (κ3) is 2.70. The monoisotopic (exact) mass is 232 g/mol. The molecule has 1 fully saturated rings. The largest absolute Gasteiger partial charge is 0.295 e. The van der Waals surface area contributed by atoms with E-state index in [2.05, 4.69) is 19.6 Å². The van der Waals surface area contributed by atoms with Crippen molar-refractivity contribution in [3.63, 3.8) is 0 Å². The van der Waals surface area contributed by atoms with Gasteiger partial charge in [-0.2, -0.15) is 0 Å². The van der Waals surface area contributed by atoms with Crippen LogP contribution in [0.3, 0.4) is 0 Å². The molecule has 2 aliphatic rings. The van der Waals surface area contributed by atoms with Crippen molar-refractivity contribution in [1.82, 2.24) is 0 Å². The fourth-order valence-electron chi connectivity index (χ4n) is 3.42. The zero-order valence-corrected chi connectivity index (χ0v) is 11.0. The maximum Gasteiger partial charge on any atom is 0.158 e. The summed E-state index contributed by atoms with van der Waals surface area (Å²) in [5, 5.41) is 0. The minimum absolute atomic E-state index is 0.359. The molecule has 0 amide bonds. The van der Waals surface area contributed by atoms with E-state index in [1.54, 1.807) is 0 Å². The zero-order valence-electron chi connectivity index (χ0n) is 11.0. The summed E-state index contributed by atoms with van der Waals surface area (Å²) in [6, 6.07) is 0. The van der Waals surface area contributed by atoms with Crippen molar-refractivity contribution in [2.75, 3.05) is 0 Å². The Morgan fingerprint density at radius 2 is 2.41 bits per heavy atom. The molecule has 0 saturated heterocycles. The van der Waals surface area contributed by atoms with Crippen LogP contribution in [-0.4, -0.2) is 5.78 Å². The molecule has 0 bridgehead atoms. The van der Waals surface area contributed by atoms with Crippen LogP contribution in [-0.2, 0) is 4.79 Å². The molecule has 17 heavy (non-hydrogen) atoms. The summed E-state index contributed by atoms with van der Waals surface area (Å²) < 4.78 is 0. The fourth-order valence-corrected chi connectivity index (χ4v) is 3.42. The van der Waals surface area contributed by atoms with Crippen molar-refractivity contribution in [3.8, 4) is 0 Å². The number of hydrogen-bond donors (Lipinski definition) is 0. The Kier molecular flexibility index (Phi) is 3.86. The Morgan fingerprint density at radius 3 is 3.18 bits per heavy atom. The number of fused-ring (bicyclic) bond motifs is 1. The van der Waals surface area contributed by atoms with Gasteiger partial charge in [0.2, 0.25) is 0 Å². The van der Waals surface area contributed by atoms with E-state index in [4.69, 9.17) is 0 Å². The first-order valence-electron chi connectivity index (χ1n) is 6.99. The van der Waals surface area contributed by atoms with Gasteiger partial charge in [-0.25, -0.2) is 0 Å². The molecule has 0 aromatic carbocycles. The average Bonchev–Trinajstić information content (AvgIpc) is 2.34. The molecule has 1 nitrogen and oxygen atoms in total. The van der Waals surface area contributed by atoms with Crippen molar-refractivity contribution >= 4 is 5.78 Å². The minimum atomic E-state index is 0.359. The van der Waals surface area contributed by atoms with E-state index in [0.29, 0.717) is 17.6 Å². The molecular formula is C16H24O. The first-order valence-corrected chi connectivity index (χ1v) is 6.99. The second kappa shape index (κ2) is 5.20. The summed E-state index contributed by atoms with van der Waals surface area (Å²) in [6.07, 6.45) is 13.1. The van der Waals surface area contributed by atoms with Gasteiger partial charge in [-0.1, -0.05) is 31.9 Å². The van der Waals surface area contributed by atoms with Gasteiger partial charge >= 0.3 is 0 Å². The lowest BCUT2D eigenvalue weighted by molar-refractivity contribution is -0.116. The second-order valence-electron chi connectivity index (χ2n) is 5.98. The van der Waals surface area contributed by atoms with Gasteiger partial charge in [0.15, 0.2) is 5.78 Å². The fraction of sp³-hybridized carbons (Fsp3) is 0.688. The van der Waals surface area contributed by atoms with Gasteiger partial charge < -0.3 is 0 Å². The van der Waals surface area contributed by atoms with E-state index in [9.17, 15) is 4.79 Å². The molecule has 2 atom stereocenters. The summed E-state index contributed by atoms with van der Waals surface area (Å²) in [6.45, 7) is 6.10. The van der Waals surface area contributed by atoms with Crippen LogP contribution in [0.4, 0.5) is 0 Å². The molecule has 2 aliphatic carbocycles. The van der Waals surface area contributed by atoms with Crippen LogP contribution >= 0.6 is 0 Å². The highest BCUT2D eigenvalue weighted by molar-refractivity contribution is 5.95. The molecule has 2 rings (SSSR count). The Balaban J connectivity index is 2.02. The number of Topliss-reactive ketones (excluding diaryl/α,β-unsaturated/α-hetero) is 1. The Morgan fingerprint density at radius 1 is 1.59 bits per heavy atom. The quantitative estimate of drug-likeness (QED) is 0.655. The van der Waals surface area contributed by atoms with E-state index in [0.717, 1.165) is 30.8 Å². The van der Waals surface area contributed by atoms with Crippen molar-refractivity contribution in [3.05, 3.63) is 24.3 Å². The van der Waals surface area contributed by atoms with Gasteiger partial charge in [0.1, 0.15) is 0 Å². The van der Waals surface area contributed by atoms with E-state index in [-0.39, 0.29) is 0 Å². The summed E-state index contributed by atoms with van der Waals surface area (Å²) in [5.41, 5.74) is 1.59. The predicted molar refractivity (Wildman–Crippen MR) is 71.8 cm³/mol. The molecule has 0 aromatic heterocycles. The molecular weight excluding hydrogens is 208 g/mol. The van der Waals surface area contributed by atoms with Gasteiger partial charge in [0.05, 0.1) is 0 Å². The molecule has 0 spiro atoms. The average molecular weight is 232 g/mol. The molecule has 0 aliphatic heterocycles. The molecule has 0 aromatic rings. The number of rotatable bonds is 4. The van der Waals surface area contributed by atoms with E-state index < -0.39 is 0 Å². The summed E-state index contributed by atoms with van der Waals surface area (Å²) in [7, 11) is 0. The van der Waals surface area contributed by atoms with Crippen LogP contribution in [0.1, 0.15) is 58.3 Å². The maximum absolute atomic E-state index is 12.0. The first kappa shape index (κ1) is 12.6. The van der Waals surface area contributed by atoms with Crippen LogP contribution in [0.5, 0.6) is 0 Å². The summed E-state index contributed by atoms with van der Waals surface area (Å²) in [4.78, 5) is 12.0. The van der Waals surface area contributed by atoms with Crippen molar-refractivity contribution in [2.45, 2.75) is 58.3 Å². The van der Waals surface area contributed by atoms with Gasteiger partial charge in [0, 0.05) is 6.42 Å². The third-order valence-electron chi connectivity index (χ3n) is 4.75. The highest BCUT2D eigenvalue weighted by Gasteiger charge is 2.39. The Hall–Kier alpha value is -0.850. The normalized spacial score (nSPS) is 32.5. The standard InChI is InChI=1S/C16H24O/c1-3-4-8-15(17)13-9-11-16(2)10-6-5-7-14(16)12-13/h3,9,14H,1,4-8,10-12H2,2H3. The van der Waals surface area contributed by atoms with Gasteiger partial charge in [-0.3, -0.25) is 4.79 Å². The lowest BCUT2D eigenvalue weighted by Gasteiger charge is -2.44. The van der Waals surface area contributed by atoms with Crippen LogP contribution in [0.15, 0.2) is 24.3 Å². The number of carbonyl (C=O) groups excluding carboxylic acids is 1. The van der Waals surface area contributed by atoms with Crippen molar-refractivity contribution in [1.29, 1.82) is 0 Å². The second-order valence-corrected chi connectivity index (χ2v) is 5.98. The van der Waals surface area contributed by atoms with Crippen LogP contribution < -0.4 is 0 Å². The molecule has 0 N–H and O–H groups in total. The van der Waals surface area contributed by atoms with Crippen molar-refractivity contribution < 1.29 is 4.79 Å². The SMILES string of the molecule is C=CCCC(=O)C1=CCC2(C)CCCCC2C1. The molecule has 0 radical (unpaired) electrons. The topological polar surface area (TPSA) is 17.1 Å². The molecule has 1 heteroatoms. The molecule has 0 heterocycles. The minimum Gasteiger partial charge on any atom is -0.295 e. The maximum atomic E-state index is 12.0.